The van der Waals surface area contributed by atoms with Crippen molar-refractivity contribution in [3.8, 4) is 0 Å². The maximum Gasteiger partial charge on any atom is 0.335 e. The van der Waals surface area contributed by atoms with Gasteiger partial charge in [-0.2, -0.15) is 0 Å². The van der Waals surface area contributed by atoms with Gasteiger partial charge in [-0.1, -0.05) is 37.9 Å². The van der Waals surface area contributed by atoms with Gasteiger partial charge in [-0.25, -0.2) is 4.79 Å². The van der Waals surface area contributed by atoms with Crippen LogP contribution in [-0.2, 0) is 9.59 Å². The molecular weight excluding hydrogens is 544 g/mol. The summed E-state index contributed by atoms with van der Waals surface area (Å²) in [6.45, 7) is 1.77. The van der Waals surface area contributed by atoms with E-state index in [9.17, 15) is 19.2 Å². The molecule has 0 spiro atoms. The number of carboxylic acid groups (broad SMARTS) is 1. The van der Waals surface area contributed by atoms with E-state index in [0.29, 0.717) is 29.8 Å². The third-order valence-electron chi connectivity index (χ3n) is 6.03. The highest BCUT2D eigenvalue weighted by molar-refractivity contribution is 9.12. The second-order valence-corrected chi connectivity index (χ2v) is 10.4. The Bertz CT molecular complexity index is 1090. The normalized spacial score (nSPS) is 24.9. The predicted octanol–water partition coefficient (Wildman–Crippen LogP) is 4.37. The van der Waals surface area contributed by atoms with Crippen molar-refractivity contribution in [2.75, 3.05) is 10.2 Å². The number of imide groups is 1. The van der Waals surface area contributed by atoms with Crippen LogP contribution in [0.15, 0.2) is 42.5 Å². The molecule has 2 aromatic carbocycles. The molecule has 0 unspecified atom stereocenters. The number of hydrogen-bond acceptors (Lipinski definition) is 4. The minimum absolute atomic E-state index is 0.0743. The van der Waals surface area contributed by atoms with E-state index in [1.807, 2.05) is 0 Å². The van der Waals surface area contributed by atoms with Crippen molar-refractivity contribution in [2.24, 2.45) is 11.8 Å². The number of carboxylic acids is 1. The van der Waals surface area contributed by atoms with Crippen LogP contribution in [0.4, 0.5) is 11.4 Å². The molecule has 0 radical (unpaired) electrons. The summed E-state index contributed by atoms with van der Waals surface area (Å²) < 4.78 is 0. The molecule has 1 saturated carbocycles. The first-order valence-electron chi connectivity index (χ1n) is 10.1. The Hall–Kier alpha value is -2.52. The van der Waals surface area contributed by atoms with Crippen LogP contribution in [0.25, 0.3) is 0 Å². The number of amides is 3. The molecule has 9 heteroatoms. The van der Waals surface area contributed by atoms with Crippen molar-refractivity contribution in [3.05, 3.63) is 59.2 Å². The number of fused-ring (bicyclic) bond motifs is 1. The number of aryl methyl sites for hydroxylation is 1. The number of carbonyl (C=O) groups excluding carboxylic acids is 3. The van der Waals surface area contributed by atoms with Gasteiger partial charge in [0.15, 0.2) is 0 Å². The average Bonchev–Trinajstić information content (AvgIpc) is 2.99. The van der Waals surface area contributed by atoms with Gasteiger partial charge in [0.05, 0.1) is 23.1 Å². The van der Waals surface area contributed by atoms with E-state index in [4.69, 9.17) is 5.11 Å². The zero-order valence-corrected chi connectivity index (χ0v) is 20.2. The zero-order valence-electron chi connectivity index (χ0n) is 17.0. The molecule has 4 atom stereocenters. The summed E-state index contributed by atoms with van der Waals surface area (Å²) in [6.07, 6.45) is 1.19. The molecule has 3 amide bonds. The summed E-state index contributed by atoms with van der Waals surface area (Å²) in [5, 5.41) is 11.9. The largest absolute Gasteiger partial charge is 0.478 e. The van der Waals surface area contributed by atoms with Crippen molar-refractivity contribution in [1.82, 2.24) is 0 Å². The second kappa shape index (κ2) is 8.78. The maximum absolute atomic E-state index is 12.9. The predicted molar refractivity (Wildman–Crippen MR) is 127 cm³/mol. The molecule has 1 aliphatic heterocycles. The summed E-state index contributed by atoms with van der Waals surface area (Å²) >= 11 is 7.16. The molecule has 1 saturated heterocycles. The minimum atomic E-state index is -1.08. The number of nitrogens with one attached hydrogen (secondary N) is 1. The van der Waals surface area contributed by atoms with Crippen molar-refractivity contribution in [3.63, 3.8) is 0 Å². The Morgan fingerprint density at radius 2 is 1.47 bits per heavy atom. The van der Waals surface area contributed by atoms with Crippen molar-refractivity contribution in [2.45, 2.75) is 29.4 Å². The minimum Gasteiger partial charge on any atom is -0.478 e. The maximum atomic E-state index is 12.9. The standard InChI is InChI=1S/C23H20Br2N2O5/c1-11-2-3-13(23(31)32)8-19(11)26-20(28)12-4-6-14(7-5-12)27-21(29)15-9-17(24)18(25)10-16(15)22(27)30/h2-8,15-18H,9-10H2,1H3,(H,26,28)(H,31,32)/t15-,16+,17+,18-. The molecule has 2 aromatic rings. The Labute approximate surface area is 201 Å². The Morgan fingerprint density at radius 1 is 0.938 bits per heavy atom. The van der Waals surface area contributed by atoms with E-state index in [1.54, 1.807) is 37.3 Å². The summed E-state index contributed by atoms with van der Waals surface area (Å²) in [7, 11) is 0. The van der Waals surface area contributed by atoms with Crippen molar-refractivity contribution in [1.29, 1.82) is 0 Å². The number of nitrogens with zero attached hydrogens (tertiary/aromatic N) is 1. The van der Waals surface area contributed by atoms with E-state index in [-0.39, 0.29) is 38.9 Å². The number of carbonyl (C=O) groups is 4. The molecule has 7 nitrogen and oxygen atoms in total. The van der Waals surface area contributed by atoms with Crippen molar-refractivity contribution >= 4 is 66.9 Å². The molecule has 32 heavy (non-hydrogen) atoms. The second-order valence-electron chi connectivity index (χ2n) is 8.06. The molecular formula is C23H20Br2N2O5. The highest BCUT2D eigenvalue weighted by Crippen LogP contribution is 2.44. The summed E-state index contributed by atoms with van der Waals surface area (Å²) in [5.74, 6) is -2.59. The van der Waals surface area contributed by atoms with Gasteiger partial charge in [-0.3, -0.25) is 19.3 Å². The average molecular weight is 564 g/mol. The molecule has 1 heterocycles. The van der Waals surface area contributed by atoms with E-state index < -0.39 is 11.9 Å². The number of hydrogen-bond donors (Lipinski definition) is 2. The fourth-order valence-electron chi connectivity index (χ4n) is 4.20. The van der Waals surface area contributed by atoms with E-state index in [2.05, 4.69) is 37.2 Å². The first-order valence-corrected chi connectivity index (χ1v) is 11.9. The molecule has 2 fully saturated rings. The van der Waals surface area contributed by atoms with Crippen LogP contribution in [0.3, 0.4) is 0 Å². The van der Waals surface area contributed by atoms with E-state index >= 15 is 0 Å². The topological polar surface area (TPSA) is 104 Å². The summed E-state index contributed by atoms with van der Waals surface area (Å²) in [6, 6.07) is 10.8. The first kappa shape index (κ1) is 22.7. The molecule has 166 valence electrons. The lowest BCUT2D eigenvalue weighted by atomic mass is 9.81. The van der Waals surface area contributed by atoms with Gasteiger partial charge >= 0.3 is 5.97 Å². The molecule has 1 aliphatic carbocycles. The number of halogens is 2. The zero-order chi connectivity index (χ0) is 23.2. The van der Waals surface area contributed by atoms with Crippen LogP contribution in [0.5, 0.6) is 0 Å². The van der Waals surface area contributed by atoms with E-state index in [0.717, 1.165) is 5.56 Å². The quantitative estimate of drug-likeness (QED) is 0.424. The van der Waals surface area contributed by atoms with Crippen LogP contribution in [0, 0.1) is 18.8 Å². The van der Waals surface area contributed by atoms with Gasteiger partial charge in [0, 0.05) is 20.9 Å². The Morgan fingerprint density at radius 3 is 2.00 bits per heavy atom. The van der Waals surface area contributed by atoms with Gasteiger partial charge in [0.25, 0.3) is 5.91 Å². The van der Waals surface area contributed by atoms with Gasteiger partial charge in [0.2, 0.25) is 11.8 Å². The van der Waals surface area contributed by atoms with Crippen molar-refractivity contribution < 1.29 is 24.3 Å². The Balaban J connectivity index is 1.52. The highest BCUT2D eigenvalue weighted by atomic mass is 79.9. The lowest BCUT2D eigenvalue weighted by Crippen LogP contribution is -2.34. The third-order valence-corrected chi connectivity index (χ3v) is 8.77. The number of anilines is 2. The van der Waals surface area contributed by atoms with Crippen LogP contribution < -0.4 is 10.2 Å². The molecule has 2 aliphatic rings. The van der Waals surface area contributed by atoms with Crippen LogP contribution in [-0.4, -0.2) is 38.5 Å². The third kappa shape index (κ3) is 4.11. The fraction of sp³-hybridized carbons (Fsp3) is 0.304. The number of rotatable bonds is 4. The number of benzene rings is 2. The van der Waals surface area contributed by atoms with Gasteiger partial charge in [-0.15, -0.1) is 0 Å². The Kier molecular flexibility index (Phi) is 6.22. The SMILES string of the molecule is Cc1ccc(C(=O)O)cc1NC(=O)c1ccc(N2C(=O)[C@H]3C[C@@H](Br)[C@@H](Br)C[C@H]3C2=O)cc1. The molecule has 4 rings (SSSR count). The number of alkyl halides is 2. The first-order chi connectivity index (χ1) is 15.2. The van der Waals surface area contributed by atoms with Gasteiger partial charge in [-0.05, 0) is 61.7 Å². The molecule has 0 aromatic heterocycles. The summed E-state index contributed by atoms with van der Waals surface area (Å²) in [4.78, 5) is 51.2. The lowest BCUT2D eigenvalue weighted by molar-refractivity contribution is -0.122. The van der Waals surface area contributed by atoms with Gasteiger partial charge in [0.1, 0.15) is 0 Å². The van der Waals surface area contributed by atoms with Crippen LogP contribution >= 0.6 is 31.9 Å². The smallest absolute Gasteiger partial charge is 0.335 e. The highest BCUT2D eigenvalue weighted by Gasteiger charge is 2.52. The van der Waals surface area contributed by atoms with Crippen LogP contribution in [0.1, 0.15) is 39.1 Å². The fourth-order valence-corrected chi connectivity index (χ4v) is 5.43. The van der Waals surface area contributed by atoms with Gasteiger partial charge < -0.3 is 10.4 Å². The van der Waals surface area contributed by atoms with Crippen LogP contribution in [0.2, 0.25) is 0 Å². The van der Waals surface area contributed by atoms with E-state index in [1.165, 1.54) is 17.0 Å². The lowest BCUT2D eigenvalue weighted by Gasteiger charge is -2.29. The molecule has 2 N–H and O–H groups in total. The molecule has 0 bridgehead atoms. The number of aromatic carboxylic acids is 1. The monoisotopic (exact) mass is 562 g/mol. The summed E-state index contributed by atoms with van der Waals surface area (Å²) in [5.41, 5.74) is 1.97.